The van der Waals surface area contributed by atoms with Gasteiger partial charge in [-0.3, -0.25) is 0 Å². The van der Waals surface area contributed by atoms with Gasteiger partial charge in [0.2, 0.25) is 0 Å². The summed E-state index contributed by atoms with van der Waals surface area (Å²) in [6.07, 6.45) is 2.88. The van der Waals surface area contributed by atoms with Crippen molar-refractivity contribution in [3.8, 4) is 0 Å². The number of likely N-dealkylation sites (N-methyl/N-ethyl adjacent to an activating group) is 1. The molecule has 74 valence electrons. The number of hydrogen-bond acceptors (Lipinski definition) is 2. The van der Waals surface area contributed by atoms with E-state index in [0.29, 0.717) is 0 Å². The maximum absolute atomic E-state index is 5.54. The Morgan fingerprint density at radius 3 is 3.07 bits per heavy atom. The first-order valence-electron chi connectivity index (χ1n) is 4.62. The summed E-state index contributed by atoms with van der Waals surface area (Å²) in [5.41, 5.74) is 2.30. The normalized spacial score (nSPS) is 11.0. The molecule has 0 atom stereocenters. The Labute approximate surface area is 96.8 Å². The summed E-state index contributed by atoms with van der Waals surface area (Å²) in [4.78, 5) is 0. The number of para-hydroxylation sites is 1. The largest absolute Gasteiger partial charge is 0.463 e. The monoisotopic (exact) mass is 301 g/mol. The van der Waals surface area contributed by atoms with Crippen molar-refractivity contribution in [1.29, 1.82) is 0 Å². The zero-order chi connectivity index (χ0) is 9.97. The highest BCUT2D eigenvalue weighted by atomic mass is 127. The lowest BCUT2D eigenvalue weighted by Gasteiger charge is -1.97. The van der Waals surface area contributed by atoms with Gasteiger partial charge in [-0.2, -0.15) is 0 Å². The highest BCUT2D eigenvalue weighted by Gasteiger charge is 2.06. The summed E-state index contributed by atoms with van der Waals surface area (Å²) >= 11 is 2.30. The molecule has 0 saturated heterocycles. The molecular weight excluding hydrogens is 289 g/mol. The van der Waals surface area contributed by atoms with Crippen LogP contribution in [0.4, 0.5) is 0 Å². The van der Waals surface area contributed by atoms with E-state index in [1.165, 1.54) is 14.5 Å². The third-order valence-electron chi connectivity index (χ3n) is 2.28. The van der Waals surface area contributed by atoms with Crippen molar-refractivity contribution in [3.05, 3.63) is 33.6 Å². The minimum atomic E-state index is 0.986. The molecular formula is C11H12INO. The van der Waals surface area contributed by atoms with Crippen molar-refractivity contribution in [3.63, 3.8) is 0 Å². The van der Waals surface area contributed by atoms with Gasteiger partial charge in [-0.1, -0.05) is 12.1 Å². The third kappa shape index (κ3) is 1.79. The summed E-state index contributed by atoms with van der Waals surface area (Å²) in [5.74, 6) is 0. The van der Waals surface area contributed by atoms with Crippen LogP contribution in [0.5, 0.6) is 0 Å². The molecule has 1 heterocycles. The molecule has 0 aliphatic heterocycles. The van der Waals surface area contributed by atoms with E-state index in [2.05, 4.69) is 46.1 Å². The smallest absolute Gasteiger partial charge is 0.147 e. The van der Waals surface area contributed by atoms with E-state index >= 15 is 0 Å². The Hall–Kier alpha value is -0.550. The van der Waals surface area contributed by atoms with Crippen LogP contribution in [0.1, 0.15) is 5.56 Å². The summed E-state index contributed by atoms with van der Waals surface area (Å²) in [5, 5.41) is 4.38. The number of furan rings is 1. The molecule has 1 aromatic heterocycles. The van der Waals surface area contributed by atoms with Crippen molar-refractivity contribution in [1.82, 2.24) is 5.32 Å². The van der Waals surface area contributed by atoms with Crippen LogP contribution in [0.2, 0.25) is 0 Å². The maximum atomic E-state index is 5.54. The van der Waals surface area contributed by atoms with Crippen LogP contribution in [-0.4, -0.2) is 13.6 Å². The van der Waals surface area contributed by atoms with E-state index in [9.17, 15) is 0 Å². The zero-order valence-corrected chi connectivity index (χ0v) is 10.2. The van der Waals surface area contributed by atoms with E-state index in [1.54, 1.807) is 0 Å². The Balaban J connectivity index is 2.42. The molecule has 1 N–H and O–H groups in total. The van der Waals surface area contributed by atoms with Crippen LogP contribution in [0.15, 0.2) is 28.9 Å². The predicted molar refractivity (Wildman–Crippen MR) is 66.6 cm³/mol. The van der Waals surface area contributed by atoms with Crippen molar-refractivity contribution in [2.45, 2.75) is 6.42 Å². The van der Waals surface area contributed by atoms with Crippen molar-refractivity contribution < 1.29 is 4.42 Å². The lowest BCUT2D eigenvalue weighted by atomic mass is 10.1. The molecule has 14 heavy (non-hydrogen) atoms. The van der Waals surface area contributed by atoms with Crippen LogP contribution < -0.4 is 5.32 Å². The van der Waals surface area contributed by atoms with Gasteiger partial charge in [-0.05, 0) is 54.2 Å². The molecule has 1 aromatic carbocycles. The van der Waals surface area contributed by atoms with Crippen LogP contribution in [-0.2, 0) is 6.42 Å². The maximum Gasteiger partial charge on any atom is 0.147 e. The lowest BCUT2D eigenvalue weighted by molar-refractivity contribution is 0.607. The minimum Gasteiger partial charge on any atom is -0.463 e. The van der Waals surface area contributed by atoms with Crippen LogP contribution in [0.3, 0.4) is 0 Å². The van der Waals surface area contributed by atoms with Gasteiger partial charge in [0, 0.05) is 5.39 Å². The second kappa shape index (κ2) is 4.31. The van der Waals surface area contributed by atoms with E-state index in [-0.39, 0.29) is 0 Å². The molecule has 0 radical (unpaired) electrons. The molecule has 2 nitrogen and oxygen atoms in total. The fraction of sp³-hybridized carbons (Fsp3) is 0.273. The average Bonchev–Trinajstić information content (AvgIpc) is 2.60. The van der Waals surface area contributed by atoms with Gasteiger partial charge >= 0.3 is 0 Å². The average molecular weight is 301 g/mol. The van der Waals surface area contributed by atoms with Gasteiger partial charge < -0.3 is 9.73 Å². The van der Waals surface area contributed by atoms with Gasteiger partial charge in [-0.15, -0.1) is 0 Å². The van der Waals surface area contributed by atoms with Gasteiger partial charge in [-0.25, -0.2) is 0 Å². The first kappa shape index (κ1) is 9.98. The van der Waals surface area contributed by atoms with Crippen LogP contribution in [0.25, 0.3) is 11.0 Å². The summed E-state index contributed by atoms with van der Waals surface area (Å²) in [6.45, 7) is 0.986. The fourth-order valence-corrected chi connectivity index (χ4v) is 2.15. The summed E-state index contributed by atoms with van der Waals surface area (Å²) < 4.78 is 6.72. The first-order chi connectivity index (χ1) is 6.83. The third-order valence-corrected chi connectivity index (χ3v) is 3.13. The summed E-state index contributed by atoms with van der Waals surface area (Å²) in [7, 11) is 1.96. The topological polar surface area (TPSA) is 25.2 Å². The Bertz CT molecular complexity index is 436. The Morgan fingerprint density at radius 2 is 2.29 bits per heavy atom. The SMILES string of the molecule is CNCCc1coc2c(I)cccc12. The molecule has 2 aromatic rings. The second-order valence-corrected chi connectivity index (χ2v) is 4.39. The Morgan fingerprint density at radius 1 is 1.43 bits per heavy atom. The molecule has 0 unspecified atom stereocenters. The molecule has 0 aliphatic carbocycles. The second-order valence-electron chi connectivity index (χ2n) is 3.23. The van der Waals surface area contributed by atoms with E-state index in [4.69, 9.17) is 4.42 Å². The zero-order valence-electron chi connectivity index (χ0n) is 8.01. The number of nitrogens with one attached hydrogen (secondary N) is 1. The minimum absolute atomic E-state index is 0.986. The van der Waals surface area contributed by atoms with Gasteiger partial charge in [0.1, 0.15) is 5.58 Å². The molecule has 2 rings (SSSR count). The molecule has 0 saturated carbocycles. The van der Waals surface area contributed by atoms with E-state index in [1.807, 2.05) is 13.3 Å². The van der Waals surface area contributed by atoms with Gasteiger partial charge in [0.25, 0.3) is 0 Å². The van der Waals surface area contributed by atoms with Gasteiger partial charge in [0.15, 0.2) is 0 Å². The standard InChI is InChI=1S/C11H12INO/c1-13-6-5-8-7-14-11-9(8)3-2-4-10(11)12/h2-4,7,13H,5-6H2,1H3. The molecule has 0 spiro atoms. The predicted octanol–water partition coefficient (Wildman–Crippen LogP) is 2.80. The lowest BCUT2D eigenvalue weighted by Crippen LogP contribution is -2.09. The van der Waals surface area contributed by atoms with Crippen LogP contribution >= 0.6 is 22.6 Å². The van der Waals surface area contributed by atoms with Gasteiger partial charge in [0.05, 0.1) is 9.83 Å². The highest BCUT2D eigenvalue weighted by molar-refractivity contribution is 14.1. The van der Waals surface area contributed by atoms with Crippen molar-refractivity contribution >= 4 is 33.6 Å². The highest BCUT2D eigenvalue weighted by Crippen LogP contribution is 2.25. The number of halogens is 1. The van der Waals surface area contributed by atoms with Crippen LogP contribution in [0, 0.1) is 3.57 Å². The number of fused-ring (bicyclic) bond motifs is 1. The Kier molecular flexibility index (Phi) is 3.08. The molecule has 0 fully saturated rings. The van der Waals surface area contributed by atoms with E-state index in [0.717, 1.165) is 18.5 Å². The van der Waals surface area contributed by atoms with Crippen molar-refractivity contribution in [2.24, 2.45) is 0 Å². The van der Waals surface area contributed by atoms with Crippen molar-refractivity contribution in [2.75, 3.05) is 13.6 Å². The molecule has 3 heteroatoms. The number of hydrogen-bond donors (Lipinski definition) is 1. The quantitative estimate of drug-likeness (QED) is 0.882. The fourth-order valence-electron chi connectivity index (χ4n) is 1.53. The molecule has 0 aliphatic rings. The first-order valence-corrected chi connectivity index (χ1v) is 5.70. The molecule has 0 bridgehead atoms. The summed E-state index contributed by atoms with van der Waals surface area (Å²) in [6, 6.07) is 6.25. The molecule has 0 amide bonds. The number of benzene rings is 1. The van der Waals surface area contributed by atoms with E-state index < -0.39 is 0 Å². The number of rotatable bonds is 3.